The Bertz CT molecular complexity index is 1040. The van der Waals surface area contributed by atoms with Gasteiger partial charge in [0.1, 0.15) is 0 Å². The third-order valence-electron chi connectivity index (χ3n) is 5.67. The zero-order valence-corrected chi connectivity index (χ0v) is 20.9. The predicted octanol–water partition coefficient (Wildman–Crippen LogP) is 3.63. The lowest BCUT2D eigenvalue weighted by atomic mass is 9.99. The summed E-state index contributed by atoms with van der Waals surface area (Å²) < 4.78 is 28.7. The van der Waals surface area contributed by atoms with E-state index in [0.717, 1.165) is 24.1 Å². The van der Waals surface area contributed by atoms with E-state index in [1.54, 1.807) is 41.6 Å². The number of amides is 1. The molecule has 1 aliphatic heterocycles. The van der Waals surface area contributed by atoms with Crippen molar-refractivity contribution in [3.05, 3.63) is 42.4 Å². The van der Waals surface area contributed by atoms with E-state index in [1.807, 2.05) is 20.8 Å². The van der Waals surface area contributed by atoms with E-state index in [-0.39, 0.29) is 16.4 Å². The first kappa shape index (κ1) is 25.1. The Labute approximate surface area is 196 Å². The summed E-state index contributed by atoms with van der Waals surface area (Å²) >= 11 is 0. The molecule has 0 aliphatic carbocycles. The molecule has 0 N–H and O–H groups in total. The number of nitrogens with zero attached hydrogens (tertiary/aromatic N) is 4. The monoisotopic (exact) mass is 474 g/mol. The minimum absolute atomic E-state index is 0.0373. The number of carbonyl (C=O) groups is 1. The van der Waals surface area contributed by atoms with Crippen LogP contribution in [0.5, 0.6) is 0 Å². The highest BCUT2D eigenvalue weighted by molar-refractivity contribution is 7.90. The van der Waals surface area contributed by atoms with Crippen molar-refractivity contribution < 1.29 is 17.9 Å². The number of benzene rings is 1. The fraction of sp³-hybridized carbons (Fsp3) is 0.542. The summed E-state index contributed by atoms with van der Waals surface area (Å²) in [5, 5.41) is 0. The van der Waals surface area contributed by atoms with Crippen LogP contribution in [-0.4, -0.2) is 73.3 Å². The van der Waals surface area contributed by atoms with Gasteiger partial charge < -0.3 is 9.64 Å². The second-order valence-electron chi connectivity index (χ2n) is 9.94. The summed E-state index contributed by atoms with van der Waals surface area (Å²) in [6.07, 6.45) is 6.22. The number of piperidine rings is 1. The molecule has 0 unspecified atom stereocenters. The van der Waals surface area contributed by atoms with Gasteiger partial charge in [-0.3, -0.25) is 14.9 Å². The molecule has 0 saturated carbocycles. The first-order valence-electron chi connectivity index (χ1n) is 11.2. The molecule has 8 nitrogen and oxygen atoms in total. The first-order chi connectivity index (χ1) is 15.4. The maximum atomic E-state index is 12.3. The van der Waals surface area contributed by atoms with Gasteiger partial charge in [-0.1, -0.05) is 32.9 Å². The van der Waals surface area contributed by atoms with Crippen LogP contribution in [0.4, 0.5) is 4.79 Å². The Morgan fingerprint density at radius 3 is 2.27 bits per heavy atom. The Morgan fingerprint density at radius 1 is 1.12 bits per heavy atom. The van der Waals surface area contributed by atoms with Crippen LogP contribution >= 0.6 is 0 Å². The second-order valence-corrected chi connectivity index (χ2v) is 12.0. The zero-order chi connectivity index (χ0) is 24.2. The molecule has 1 aliphatic rings. The van der Waals surface area contributed by atoms with E-state index in [1.165, 1.54) is 6.26 Å². The fourth-order valence-corrected chi connectivity index (χ4v) is 4.33. The minimum atomic E-state index is -3.22. The molecule has 0 bridgehead atoms. The Hall–Kier alpha value is -2.52. The van der Waals surface area contributed by atoms with E-state index in [0.29, 0.717) is 38.0 Å². The first-order valence-corrected chi connectivity index (χ1v) is 13.0. The number of carbonyl (C=O) groups excluding carboxylic acids is 1. The minimum Gasteiger partial charge on any atom is -0.449 e. The summed E-state index contributed by atoms with van der Waals surface area (Å²) in [5.41, 5.74) is 2.34. The van der Waals surface area contributed by atoms with Crippen LogP contribution in [0, 0.1) is 5.41 Å². The van der Waals surface area contributed by atoms with Crippen LogP contribution in [0.15, 0.2) is 41.6 Å². The van der Waals surface area contributed by atoms with Gasteiger partial charge in [-0.05, 0) is 37.4 Å². The number of ether oxygens (including phenoxy) is 1. The average Bonchev–Trinajstić information content (AvgIpc) is 2.77. The second kappa shape index (κ2) is 10.2. The van der Waals surface area contributed by atoms with Crippen molar-refractivity contribution in [2.24, 2.45) is 5.41 Å². The topological polar surface area (TPSA) is 92.7 Å². The van der Waals surface area contributed by atoms with Crippen molar-refractivity contribution in [1.29, 1.82) is 0 Å². The number of rotatable bonds is 6. The number of aromatic nitrogens is 2. The van der Waals surface area contributed by atoms with Crippen molar-refractivity contribution in [2.75, 3.05) is 33.0 Å². The van der Waals surface area contributed by atoms with E-state index < -0.39 is 9.84 Å². The van der Waals surface area contributed by atoms with E-state index in [2.05, 4.69) is 21.9 Å². The lowest BCUT2D eigenvalue weighted by Crippen LogP contribution is -2.46. The molecule has 2 heterocycles. The smallest absolute Gasteiger partial charge is 0.409 e. The molecule has 2 aromatic rings. The largest absolute Gasteiger partial charge is 0.449 e. The molecule has 33 heavy (non-hydrogen) atoms. The molecule has 1 saturated heterocycles. The quantitative estimate of drug-likeness (QED) is 0.631. The molecule has 1 aromatic carbocycles. The third kappa shape index (κ3) is 7.23. The van der Waals surface area contributed by atoms with Crippen molar-refractivity contribution in [2.45, 2.75) is 51.1 Å². The highest BCUT2D eigenvalue weighted by Gasteiger charge is 2.27. The van der Waals surface area contributed by atoms with Gasteiger partial charge in [-0.25, -0.2) is 13.2 Å². The predicted molar refractivity (Wildman–Crippen MR) is 127 cm³/mol. The van der Waals surface area contributed by atoms with E-state index in [4.69, 9.17) is 4.74 Å². The van der Waals surface area contributed by atoms with E-state index in [9.17, 15) is 13.2 Å². The summed E-state index contributed by atoms with van der Waals surface area (Å²) in [6.45, 7) is 8.60. The van der Waals surface area contributed by atoms with Gasteiger partial charge in [-0.15, -0.1) is 0 Å². The summed E-state index contributed by atoms with van der Waals surface area (Å²) in [6, 6.07) is 7.01. The van der Waals surface area contributed by atoms with Gasteiger partial charge in [0, 0.05) is 37.5 Å². The van der Waals surface area contributed by atoms with Crippen LogP contribution in [-0.2, 0) is 21.1 Å². The molecule has 0 atom stereocenters. The SMILES string of the molecule is CN(Cc1cnc(-c2ccc(S(C)(=O)=O)cc2)cn1)C1CCN(C(=O)OCC(C)(C)C)CC1. The van der Waals surface area contributed by atoms with Gasteiger partial charge in [0.15, 0.2) is 9.84 Å². The van der Waals surface area contributed by atoms with Gasteiger partial charge in [-0.2, -0.15) is 0 Å². The molecule has 1 amide bonds. The summed E-state index contributed by atoms with van der Waals surface area (Å²) in [4.78, 5) is 25.6. The van der Waals surface area contributed by atoms with Crippen molar-refractivity contribution >= 4 is 15.9 Å². The lowest BCUT2D eigenvalue weighted by Gasteiger charge is -2.36. The molecule has 1 fully saturated rings. The lowest BCUT2D eigenvalue weighted by molar-refractivity contribution is 0.0551. The van der Waals surface area contributed by atoms with Gasteiger partial charge in [0.25, 0.3) is 0 Å². The third-order valence-corrected chi connectivity index (χ3v) is 6.80. The normalized spacial score (nSPS) is 15.6. The van der Waals surface area contributed by atoms with Crippen LogP contribution in [0.2, 0.25) is 0 Å². The fourth-order valence-electron chi connectivity index (χ4n) is 3.70. The Morgan fingerprint density at radius 2 is 1.76 bits per heavy atom. The van der Waals surface area contributed by atoms with Crippen LogP contribution in [0.1, 0.15) is 39.3 Å². The summed E-state index contributed by atoms with van der Waals surface area (Å²) in [7, 11) is -1.15. The average molecular weight is 475 g/mol. The number of sulfone groups is 1. The Kier molecular flexibility index (Phi) is 7.74. The number of likely N-dealkylation sites (tertiary alicyclic amines) is 1. The van der Waals surface area contributed by atoms with Crippen molar-refractivity contribution in [3.63, 3.8) is 0 Å². The van der Waals surface area contributed by atoms with Crippen LogP contribution < -0.4 is 0 Å². The highest BCUT2D eigenvalue weighted by atomic mass is 32.2. The van der Waals surface area contributed by atoms with Gasteiger partial charge in [0.2, 0.25) is 0 Å². The van der Waals surface area contributed by atoms with Crippen molar-refractivity contribution in [3.8, 4) is 11.3 Å². The molecular formula is C24H34N4O4S. The van der Waals surface area contributed by atoms with Crippen LogP contribution in [0.25, 0.3) is 11.3 Å². The molecule has 0 radical (unpaired) electrons. The summed E-state index contributed by atoms with van der Waals surface area (Å²) in [5.74, 6) is 0. The molecule has 9 heteroatoms. The van der Waals surface area contributed by atoms with Gasteiger partial charge >= 0.3 is 6.09 Å². The standard InChI is InChI=1S/C24H34N4O4S/c1-24(2,3)17-32-23(29)28-12-10-20(11-13-28)27(4)16-19-14-26-22(15-25-19)18-6-8-21(9-7-18)33(5,30)31/h6-9,14-15,20H,10-13,16-17H2,1-5H3. The molecule has 0 spiro atoms. The Balaban J connectivity index is 1.51. The number of hydrogen-bond donors (Lipinski definition) is 0. The highest BCUT2D eigenvalue weighted by Crippen LogP contribution is 2.21. The molecule has 1 aromatic heterocycles. The molecule has 3 rings (SSSR count). The maximum absolute atomic E-state index is 12.3. The van der Waals surface area contributed by atoms with Gasteiger partial charge in [0.05, 0.1) is 35.3 Å². The molecular weight excluding hydrogens is 440 g/mol. The van der Waals surface area contributed by atoms with E-state index >= 15 is 0 Å². The zero-order valence-electron chi connectivity index (χ0n) is 20.1. The van der Waals surface area contributed by atoms with Crippen molar-refractivity contribution in [1.82, 2.24) is 19.8 Å². The number of hydrogen-bond acceptors (Lipinski definition) is 7. The van der Waals surface area contributed by atoms with Crippen LogP contribution in [0.3, 0.4) is 0 Å². The molecule has 180 valence electrons. The maximum Gasteiger partial charge on any atom is 0.409 e.